The summed E-state index contributed by atoms with van der Waals surface area (Å²) in [6.07, 6.45) is 1.20. The van der Waals surface area contributed by atoms with Gasteiger partial charge in [0.2, 0.25) is 11.8 Å². The molecule has 31 heavy (non-hydrogen) atoms. The first-order chi connectivity index (χ1) is 15.0. The molecule has 1 aliphatic heterocycles. The molecule has 3 aromatic carbocycles. The van der Waals surface area contributed by atoms with Crippen molar-refractivity contribution >= 4 is 28.3 Å². The molecule has 4 rings (SSSR count). The number of carbonyl (C=O) groups is 2. The summed E-state index contributed by atoms with van der Waals surface area (Å²) in [5.41, 5.74) is 2.56. The van der Waals surface area contributed by atoms with Gasteiger partial charge in [-0.25, -0.2) is 0 Å². The molecule has 0 aromatic heterocycles. The van der Waals surface area contributed by atoms with Crippen LogP contribution in [0.4, 0.5) is 5.69 Å². The van der Waals surface area contributed by atoms with E-state index in [4.69, 9.17) is 0 Å². The van der Waals surface area contributed by atoms with E-state index in [0.29, 0.717) is 18.4 Å². The molecular formula is C25H27N3O3. The summed E-state index contributed by atoms with van der Waals surface area (Å²) in [4.78, 5) is 27.8. The molecule has 2 amide bonds. The van der Waals surface area contributed by atoms with Crippen LogP contribution in [0.25, 0.3) is 10.8 Å². The van der Waals surface area contributed by atoms with Crippen LogP contribution in [0.2, 0.25) is 0 Å². The summed E-state index contributed by atoms with van der Waals surface area (Å²) in [6.45, 7) is 1.98. The molecule has 0 fully saturated rings. The highest BCUT2D eigenvalue weighted by Crippen LogP contribution is 2.33. The van der Waals surface area contributed by atoms with Crippen LogP contribution in [-0.2, 0) is 22.6 Å². The van der Waals surface area contributed by atoms with Gasteiger partial charge in [-0.05, 0) is 55.3 Å². The largest absolute Gasteiger partial charge is 0.508 e. The van der Waals surface area contributed by atoms with Gasteiger partial charge in [-0.2, -0.15) is 0 Å². The van der Waals surface area contributed by atoms with Crippen LogP contribution in [0.3, 0.4) is 0 Å². The standard InChI is InChI=1S/C25H27N3O3/c1-16(26-2)24(30)27-21-13-11-18-8-4-6-10-22(18)28(25(21)31)15-20-19-9-5-3-7-17(19)12-14-23(20)29/h3-10,12,14,16,21,26,29H,11,13,15H2,1-2H3,(H,27,30)/t16-,21?/m0/s1. The first kappa shape index (κ1) is 20.9. The van der Waals surface area contributed by atoms with Crippen molar-refractivity contribution in [1.29, 1.82) is 0 Å². The van der Waals surface area contributed by atoms with E-state index >= 15 is 0 Å². The number of aryl methyl sites for hydroxylation is 1. The molecule has 1 heterocycles. The van der Waals surface area contributed by atoms with E-state index in [1.165, 1.54) is 0 Å². The molecule has 6 nitrogen and oxygen atoms in total. The van der Waals surface area contributed by atoms with E-state index in [-0.39, 0.29) is 24.1 Å². The molecule has 2 atom stereocenters. The molecule has 160 valence electrons. The highest BCUT2D eigenvalue weighted by molar-refractivity contribution is 6.01. The number of hydrogen-bond donors (Lipinski definition) is 3. The Bertz CT molecular complexity index is 1130. The molecule has 0 saturated heterocycles. The molecule has 1 aliphatic rings. The minimum atomic E-state index is -0.632. The summed E-state index contributed by atoms with van der Waals surface area (Å²) in [5, 5.41) is 18.4. The van der Waals surface area contributed by atoms with Crippen molar-refractivity contribution in [2.45, 2.75) is 38.4 Å². The Hall–Kier alpha value is -3.38. The molecular weight excluding hydrogens is 390 g/mol. The molecule has 6 heteroatoms. The van der Waals surface area contributed by atoms with Gasteiger partial charge in [0.15, 0.2) is 0 Å². The van der Waals surface area contributed by atoms with Crippen molar-refractivity contribution in [2.75, 3.05) is 11.9 Å². The third kappa shape index (κ3) is 4.11. The van der Waals surface area contributed by atoms with Gasteiger partial charge in [0.1, 0.15) is 11.8 Å². The first-order valence-electron chi connectivity index (χ1n) is 10.6. The number of hydrogen-bond acceptors (Lipinski definition) is 4. The van der Waals surface area contributed by atoms with Crippen molar-refractivity contribution in [1.82, 2.24) is 10.6 Å². The third-order valence-electron chi connectivity index (χ3n) is 6.02. The van der Waals surface area contributed by atoms with E-state index in [1.807, 2.05) is 54.6 Å². The van der Waals surface area contributed by atoms with E-state index in [9.17, 15) is 14.7 Å². The number of anilines is 1. The van der Waals surface area contributed by atoms with Gasteiger partial charge in [-0.3, -0.25) is 9.59 Å². The summed E-state index contributed by atoms with van der Waals surface area (Å²) in [6, 6.07) is 18.1. The lowest BCUT2D eigenvalue weighted by atomic mass is 10.0. The van der Waals surface area contributed by atoms with E-state index in [0.717, 1.165) is 22.0 Å². The van der Waals surface area contributed by atoms with Crippen LogP contribution in [-0.4, -0.2) is 36.1 Å². The Morgan fingerprint density at radius 2 is 1.87 bits per heavy atom. The monoisotopic (exact) mass is 417 g/mol. The third-order valence-corrected chi connectivity index (χ3v) is 6.02. The average molecular weight is 418 g/mol. The van der Waals surface area contributed by atoms with E-state index in [1.54, 1.807) is 24.9 Å². The Balaban J connectivity index is 1.74. The smallest absolute Gasteiger partial charge is 0.249 e. The number of benzene rings is 3. The lowest BCUT2D eigenvalue weighted by Gasteiger charge is -2.27. The second-order valence-electron chi connectivity index (χ2n) is 7.95. The number of likely N-dealkylation sites (N-methyl/N-ethyl adjacent to an activating group) is 1. The van der Waals surface area contributed by atoms with Crippen molar-refractivity contribution in [3.8, 4) is 5.75 Å². The number of rotatable bonds is 5. The van der Waals surface area contributed by atoms with Gasteiger partial charge in [0.05, 0.1) is 12.6 Å². The minimum absolute atomic E-state index is 0.151. The summed E-state index contributed by atoms with van der Waals surface area (Å²) in [5.74, 6) is -0.230. The number of amides is 2. The molecule has 3 N–H and O–H groups in total. The normalized spacial score (nSPS) is 17.2. The Labute approximate surface area is 181 Å². The van der Waals surface area contributed by atoms with Crippen molar-refractivity contribution < 1.29 is 14.7 Å². The van der Waals surface area contributed by atoms with Crippen LogP contribution >= 0.6 is 0 Å². The number of carbonyl (C=O) groups excluding carboxylic acids is 2. The van der Waals surface area contributed by atoms with E-state index < -0.39 is 12.1 Å². The number of aromatic hydroxyl groups is 1. The number of fused-ring (bicyclic) bond motifs is 2. The summed E-state index contributed by atoms with van der Waals surface area (Å²) < 4.78 is 0. The van der Waals surface area contributed by atoms with Crippen LogP contribution in [0, 0.1) is 0 Å². The molecule has 1 unspecified atom stereocenters. The van der Waals surface area contributed by atoms with Crippen molar-refractivity contribution in [3.63, 3.8) is 0 Å². The molecule has 0 spiro atoms. The Morgan fingerprint density at radius 3 is 2.68 bits per heavy atom. The predicted molar refractivity (Wildman–Crippen MR) is 122 cm³/mol. The molecule has 0 saturated carbocycles. The Morgan fingerprint density at radius 1 is 1.13 bits per heavy atom. The topological polar surface area (TPSA) is 81.7 Å². The zero-order valence-corrected chi connectivity index (χ0v) is 17.8. The van der Waals surface area contributed by atoms with Crippen LogP contribution in [0.1, 0.15) is 24.5 Å². The molecule has 0 bridgehead atoms. The van der Waals surface area contributed by atoms with Crippen molar-refractivity contribution in [2.24, 2.45) is 0 Å². The molecule has 3 aromatic rings. The molecule has 0 radical (unpaired) electrons. The quantitative estimate of drug-likeness (QED) is 0.596. The zero-order chi connectivity index (χ0) is 22.0. The lowest BCUT2D eigenvalue weighted by molar-refractivity contribution is -0.128. The van der Waals surface area contributed by atoms with Crippen LogP contribution < -0.4 is 15.5 Å². The van der Waals surface area contributed by atoms with Gasteiger partial charge in [-0.15, -0.1) is 0 Å². The average Bonchev–Trinajstić information content (AvgIpc) is 2.92. The maximum Gasteiger partial charge on any atom is 0.249 e. The fourth-order valence-corrected chi connectivity index (χ4v) is 4.09. The second-order valence-corrected chi connectivity index (χ2v) is 7.95. The fraction of sp³-hybridized carbons (Fsp3) is 0.280. The summed E-state index contributed by atoms with van der Waals surface area (Å²) >= 11 is 0. The Kier molecular flexibility index (Phi) is 5.91. The van der Waals surface area contributed by atoms with Crippen molar-refractivity contribution in [3.05, 3.63) is 71.8 Å². The zero-order valence-electron chi connectivity index (χ0n) is 17.8. The second kappa shape index (κ2) is 8.78. The molecule has 0 aliphatic carbocycles. The SMILES string of the molecule is CN[C@@H](C)C(=O)NC1CCc2ccccc2N(Cc2c(O)ccc3ccccc23)C1=O. The lowest BCUT2D eigenvalue weighted by Crippen LogP contribution is -2.52. The van der Waals surface area contributed by atoms with Crippen LogP contribution in [0.5, 0.6) is 5.75 Å². The first-order valence-corrected chi connectivity index (χ1v) is 10.6. The van der Waals surface area contributed by atoms with E-state index in [2.05, 4.69) is 10.6 Å². The minimum Gasteiger partial charge on any atom is -0.508 e. The number of nitrogens with zero attached hydrogens (tertiary/aromatic N) is 1. The van der Waals surface area contributed by atoms with Gasteiger partial charge in [0, 0.05) is 11.3 Å². The number of para-hydroxylation sites is 1. The summed E-state index contributed by atoms with van der Waals surface area (Å²) in [7, 11) is 1.71. The number of nitrogens with one attached hydrogen (secondary N) is 2. The number of phenolic OH excluding ortho intramolecular Hbond substituents is 1. The number of phenols is 1. The van der Waals surface area contributed by atoms with Gasteiger partial charge in [-0.1, -0.05) is 48.5 Å². The highest BCUT2D eigenvalue weighted by Gasteiger charge is 2.32. The van der Waals surface area contributed by atoms with Gasteiger partial charge in [0.25, 0.3) is 0 Å². The fourth-order valence-electron chi connectivity index (χ4n) is 4.09. The highest BCUT2D eigenvalue weighted by atomic mass is 16.3. The maximum atomic E-state index is 13.6. The van der Waals surface area contributed by atoms with Gasteiger partial charge >= 0.3 is 0 Å². The predicted octanol–water partition coefficient (Wildman–Crippen LogP) is 3.12. The van der Waals surface area contributed by atoms with Gasteiger partial charge < -0.3 is 20.6 Å². The maximum absolute atomic E-state index is 13.6. The van der Waals surface area contributed by atoms with Crippen LogP contribution in [0.15, 0.2) is 60.7 Å².